The lowest BCUT2D eigenvalue weighted by molar-refractivity contribution is -0.155. The molecule has 2 aromatic carbocycles. The third-order valence-corrected chi connectivity index (χ3v) is 5.37. The number of benzene rings is 2. The quantitative estimate of drug-likeness (QED) is 0.453. The number of carboxylic acids is 1. The molecule has 3 aromatic rings. The number of carbonyl (C=O) groups is 1. The molecule has 0 aliphatic heterocycles. The number of ether oxygens (including phenoxy) is 1. The lowest BCUT2D eigenvalue weighted by atomic mass is 9.84. The SMILES string of the molecule is Cc1cnc(C(C(C)c2ccc(OCc3ccc(C(=O)O)cc3)cc2Cl)C(F)(F)F)cn1. The summed E-state index contributed by atoms with van der Waals surface area (Å²) in [5, 5.41) is 9.08. The summed E-state index contributed by atoms with van der Waals surface area (Å²) < 4.78 is 47.3. The number of halogens is 4. The van der Waals surface area contributed by atoms with Crippen molar-refractivity contribution in [1.29, 1.82) is 0 Å². The first-order valence-corrected chi connectivity index (χ1v) is 10.0. The highest BCUT2D eigenvalue weighted by molar-refractivity contribution is 6.31. The molecule has 0 saturated heterocycles. The minimum absolute atomic E-state index is 0.144. The number of aryl methyl sites for hydroxylation is 1. The maximum Gasteiger partial charge on any atom is 0.397 e. The molecule has 0 bridgehead atoms. The highest BCUT2D eigenvalue weighted by atomic mass is 35.5. The average Bonchev–Trinajstić information content (AvgIpc) is 2.73. The van der Waals surface area contributed by atoms with E-state index in [1.807, 2.05) is 0 Å². The number of carboxylic acid groups (broad SMARTS) is 1. The van der Waals surface area contributed by atoms with Gasteiger partial charge in [0.1, 0.15) is 18.3 Å². The Labute approximate surface area is 187 Å². The molecule has 5 nitrogen and oxygen atoms in total. The van der Waals surface area contributed by atoms with Crippen LogP contribution in [0.3, 0.4) is 0 Å². The lowest BCUT2D eigenvalue weighted by Crippen LogP contribution is -2.27. The Balaban J connectivity index is 1.78. The molecule has 0 saturated carbocycles. The molecule has 3 rings (SSSR count). The average molecular weight is 465 g/mol. The molecule has 0 fully saturated rings. The van der Waals surface area contributed by atoms with Crippen LogP contribution in [0.15, 0.2) is 54.9 Å². The second-order valence-electron chi connectivity index (χ2n) is 7.36. The van der Waals surface area contributed by atoms with E-state index in [2.05, 4.69) is 9.97 Å². The number of hydrogen-bond donors (Lipinski definition) is 1. The molecule has 0 spiro atoms. The van der Waals surface area contributed by atoms with Crippen LogP contribution in [0.1, 0.15) is 51.6 Å². The van der Waals surface area contributed by atoms with Crippen LogP contribution in [0.2, 0.25) is 5.02 Å². The van der Waals surface area contributed by atoms with Gasteiger partial charge < -0.3 is 9.84 Å². The third-order valence-electron chi connectivity index (χ3n) is 5.04. The molecule has 0 amide bonds. The molecular weight excluding hydrogens is 445 g/mol. The van der Waals surface area contributed by atoms with Crippen LogP contribution < -0.4 is 4.74 Å². The van der Waals surface area contributed by atoms with E-state index in [0.29, 0.717) is 17.0 Å². The summed E-state index contributed by atoms with van der Waals surface area (Å²) in [5.74, 6) is -3.51. The Morgan fingerprint density at radius 3 is 2.34 bits per heavy atom. The highest BCUT2D eigenvalue weighted by Crippen LogP contribution is 2.45. The number of aromatic nitrogens is 2. The molecular formula is C23H20ClF3N2O3. The second-order valence-corrected chi connectivity index (χ2v) is 7.77. The summed E-state index contributed by atoms with van der Waals surface area (Å²) in [6, 6.07) is 10.7. The number of rotatable bonds is 7. The summed E-state index contributed by atoms with van der Waals surface area (Å²) in [6.45, 7) is 3.25. The van der Waals surface area contributed by atoms with E-state index in [0.717, 1.165) is 11.8 Å². The van der Waals surface area contributed by atoms with Crippen molar-refractivity contribution in [2.24, 2.45) is 0 Å². The van der Waals surface area contributed by atoms with Gasteiger partial charge >= 0.3 is 12.1 Å². The van der Waals surface area contributed by atoms with Crippen LogP contribution in [0, 0.1) is 6.92 Å². The zero-order chi connectivity index (χ0) is 23.5. The van der Waals surface area contributed by atoms with E-state index in [1.165, 1.54) is 37.4 Å². The first-order valence-electron chi connectivity index (χ1n) is 9.66. The molecule has 168 valence electrons. The Hall–Kier alpha value is -3.13. The second kappa shape index (κ2) is 9.56. The standard InChI is InChI=1S/C23H20ClF3N2O3/c1-13-10-29-20(11-28-13)21(23(25,26)27)14(2)18-8-7-17(9-19(18)24)32-12-15-3-5-16(6-4-15)22(30)31/h3-11,14,21H,12H2,1-2H3,(H,30,31). The summed E-state index contributed by atoms with van der Waals surface area (Å²) >= 11 is 6.32. The van der Waals surface area contributed by atoms with Crippen LogP contribution >= 0.6 is 11.6 Å². The molecule has 9 heteroatoms. The van der Waals surface area contributed by atoms with Crippen molar-refractivity contribution < 1.29 is 27.8 Å². The smallest absolute Gasteiger partial charge is 0.397 e. The maximum atomic E-state index is 13.9. The van der Waals surface area contributed by atoms with Gasteiger partial charge in [0.05, 0.1) is 17.0 Å². The van der Waals surface area contributed by atoms with Crippen LogP contribution in [-0.2, 0) is 6.61 Å². The predicted molar refractivity (Wildman–Crippen MR) is 113 cm³/mol. The summed E-state index contributed by atoms with van der Waals surface area (Å²) in [7, 11) is 0. The van der Waals surface area contributed by atoms with Gasteiger partial charge in [-0.1, -0.05) is 36.7 Å². The minimum atomic E-state index is -4.54. The van der Waals surface area contributed by atoms with Crippen molar-refractivity contribution in [3.63, 3.8) is 0 Å². The lowest BCUT2D eigenvalue weighted by Gasteiger charge is -2.27. The van der Waals surface area contributed by atoms with Crippen LogP contribution in [-0.4, -0.2) is 27.2 Å². The van der Waals surface area contributed by atoms with E-state index in [9.17, 15) is 18.0 Å². The molecule has 0 aliphatic rings. The van der Waals surface area contributed by atoms with Crippen molar-refractivity contribution in [2.75, 3.05) is 0 Å². The van der Waals surface area contributed by atoms with Crippen LogP contribution in [0.25, 0.3) is 0 Å². The predicted octanol–water partition coefficient (Wildman–Crippen LogP) is 6.17. The number of aromatic carboxylic acids is 1. The van der Waals surface area contributed by atoms with Crippen molar-refractivity contribution >= 4 is 17.6 Å². The molecule has 0 radical (unpaired) electrons. The van der Waals surface area contributed by atoms with Crippen molar-refractivity contribution in [1.82, 2.24) is 9.97 Å². The monoisotopic (exact) mass is 464 g/mol. The van der Waals surface area contributed by atoms with Gasteiger partial charge in [0, 0.05) is 17.4 Å². The van der Waals surface area contributed by atoms with Gasteiger partial charge in [-0.2, -0.15) is 13.2 Å². The highest BCUT2D eigenvalue weighted by Gasteiger charge is 2.46. The van der Waals surface area contributed by atoms with Gasteiger partial charge in [0.25, 0.3) is 0 Å². The topological polar surface area (TPSA) is 72.3 Å². The number of alkyl halides is 3. The summed E-state index contributed by atoms with van der Waals surface area (Å²) in [5.41, 5.74) is 1.57. The van der Waals surface area contributed by atoms with Crippen molar-refractivity contribution in [3.8, 4) is 5.75 Å². The third kappa shape index (κ3) is 5.56. The van der Waals surface area contributed by atoms with E-state index in [4.69, 9.17) is 21.4 Å². The Morgan fingerprint density at radius 2 is 1.81 bits per heavy atom. The molecule has 2 unspecified atom stereocenters. The van der Waals surface area contributed by atoms with E-state index < -0.39 is 24.0 Å². The van der Waals surface area contributed by atoms with Crippen molar-refractivity contribution in [3.05, 3.63) is 88.0 Å². The first kappa shape index (κ1) is 23.5. The van der Waals surface area contributed by atoms with E-state index in [1.54, 1.807) is 25.1 Å². The Kier molecular flexibility index (Phi) is 7.03. The van der Waals surface area contributed by atoms with Crippen LogP contribution in [0.5, 0.6) is 5.75 Å². The van der Waals surface area contributed by atoms with Gasteiger partial charge in [-0.3, -0.25) is 9.97 Å². The van der Waals surface area contributed by atoms with Crippen LogP contribution in [0.4, 0.5) is 13.2 Å². The van der Waals surface area contributed by atoms with Gasteiger partial charge in [0.15, 0.2) is 0 Å². The fourth-order valence-electron chi connectivity index (χ4n) is 3.33. The number of nitrogens with zero attached hydrogens (tertiary/aromatic N) is 2. The van der Waals surface area contributed by atoms with Crippen molar-refractivity contribution in [2.45, 2.75) is 38.5 Å². The molecule has 1 N–H and O–H groups in total. The van der Waals surface area contributed by atoms with E-state index >= 15 is 0 Å². The molecule has 0 aliphatic carbocycles. The van der Waals surface area contributed by atoms with Gasteiger partial charge in [-0.05, 0) is 48.2 Å². The summed E-state index contributed by atoms with van der Waals surface area (Å²) in [4.78, 5) is 18.8. The molecule has 32 heavy (non-hydrogen) atoms. The Morgan fingerprint density at radius 1 is 1.12 bits per heavy atom. The largest absolute Gasteiger partial charge is 0.489 e. The summed E-state index contributed by atoms with van der Waals surface area (Å²) in [6.07, 6.45) is -2.09. The molecule has 1 heterocycles. The van der Waals surface area contributed by atoms with E-state index in [-0.39, 0.29) is 22.9 Å². The van der Waals surface area contributed by atoms with Gasteiger partial charge in [0.2, 0.25) is 0 Å². The van der Waals surface area contributed by atoms with Gasteiger partial charge in [-0.15, -0.1) is 0 Å². The zero-order valence-corrected chi connectivity index (χ0v) is 18.0. The first-order chi connectivity index (χ1) is 15.1. The normalized spacial score (nSPS) is 13.4. The zero-order valence-electron chi connectivity index (χ0n) is 17.2. The maximum absolute atomic E-state index is 13.9. The fourth-order valence-corrected chi connectivity index (χ4v) is 3.67. The minimum Gasteiger partial charge on any atom is -0.489 e. The molecule has 2 atom stereocenters. The Bertz CT molecular complexity index is 1090. The molecule has 1 aromatic heterocycles. The number of hydrogen-bond acceptors (Lipinski definition) is 4. The van der Waals surface area contributed by atoms with Gasteiger partial charge in [-0.25, -0.2) is 4.79 Å². The fraction of sp³-hybridized carbons (Fsp3) is 0.261.